The summed E-state index contributed by atoms with van der Waals surface area (Å²) in [6.45, 7) is 4.41. The molecule has 3 rings (SSSR count). The smallest absolute Gasteiger partial charge is 0.321 e. The molecular weight excluding hydrogens is 418 g/mol. The molecule has 1 atom stereocenters. The maximum Gasteiger partial charge on any atom is 0.321 e. The summed E-state index contributed by atoms with van der Waals surface area (Å²) in [6.07, 6.45) is 1.68. The summed E-state index contributed by atoms with van der Waals surface area (Å²) in [6, 6.07) is 15.6. The van der Waals surface area contributed by atoms with E-state index in [0.717, 1.165) is 11.1 Å². The van der Waals surface area contributed by atoms with Gasteiger partial charge in [-0.25, -0.2) is 4.79 Å². The van der Waals surface area contributed by atoms with E-state index >= 15 is 0 Å². The second-order valence-electron chi connectivity index (χ2n) is 8.27. The fraction of sp³-hybridized carbons (Fsp3) is 0.360. The van der Waals surface area contributed by atoms with E-state index in [0.29, 0.717) is 43.6 Å². The van der Waals surface area contributed by atoms with Crippen molar-refractivity contribution in [1.29, 1.82) is 5.26 Å². The highest BCUT2D eigenvalue weighted by atomic mass is 16.2. The highest BCUT2D eigenvalue weighted by molar-refractivity contribution is 5.89. The van der Waals surface area contributed by atoms with Crippen LogP contribution >= 0.6 is 0 Å². The van der Waals surface area contributed by atoms with Crippen LogP contribution in [0, 0.1) is 18.3 Å². The molecule has 1 fully saturated rings. The molecule has 8 nitrogen and oxygen atoms in total. The Labute approximate surface area is 194 Å². The van der Waals surface area contributed by atoms with Gasteiger partial charge in [0.1, 0.15) is 6.04 Å². The molecule has 0 aromatic heterocycles. The molecule has 2 aromatic carbocycles. The van der Waals surface area contributed by atoms with Crippen LogP contribution in [0.2, 0.25) is 0 Å². The van der Waals surface area contributed by atoms with Crippen molar-refractivity contribution in [1.82, 2.24) is 15.5 Å². The van der Waals surface area contributed by atoms with Crippen molar-refractivity contribution in [2.24, 2.45) is 0 Å². The number of carbonyl (C=O) groups is 3. The van der Waals surface area contributed by atoms with Crippen LogP contribution in [0.25, 0.3) is 0 Å². The summed E-state index contributed by atoms with van der Waals surface area (Å²) in [7, 11) is 0. The zero-order valence-corrected chi connectivity index (χ0v) is 18.9. The fourth-order valence-electron chi connectivity index (χ4n) is 3.87. The molecule has 0 aliphatic carbocycles. The number of hydrogen-bond acceptors (Lipinski definition) is 4. The SMILES string of the molecule is CC(=O)NC(Cc1ccccc1C)C(=O)NC1CCN(C(=O)Nc2ccc(C#N)cc2)CC1. The number of nitrogens with zero attached hydrogens (tertiary/aromatic N) is 2. The van der Waals surface area contributed by atoms with Crippen LogP contribution in [-0.4, -0.2) is 47.9 Å². The molecule has 172 valence electrons. The molecular formula is C25H29N5O3. The molecule has 0 radical (unpaired) electrons. The van der Waals surface area contributed by atoms with E-state index in [1.807, 2.05) is 37.3 Å². The zero-order chi connectivity index (χ0) is 23.8. The number of carbonyl (C=O) groups excluding carboxylic acids is 3. The molecule has 0 saturated carbocycles. The summed E-state index contributed by atoms with van der Waals surface area (Å²) in [4.78, 5) is 38.8. The monoisotopic (exact) mass is 447 g/mol. The molecule has 33 heavy (non-hydrogen) atoms. The van der Waals surface area contributed by atoms with Crippen molar-refractivity contribution in [3.8, 4) is 6.07 Å². The first-order chi connectivity index (χ1) is 15.9. The molecule has 1 aliphatic heterocycles. The molecule has 0 bridgehead atoms. The third-order valence-electron chi connectivity index (χ3n) is 5.77. The van der Waals surface area contributed by atoms with Gasteiger partial charge in [0.15, 0.2) is 0 Å². The lowest BCUT2D eigenvalue weighted by atomic mass is 9.99. The Morgan fingerprint density at radius 1 is 1.09 bits per heavy atom. The molecule has 1 saturated heterocycles. The standard InChI is InChI=1S/C25H29N5O3/c1-17-5-3-4-6-20(17)15-23(27-18(2)31)24(32)28-22-11-13-30(14-12-22)25(33)29-21-9-7-19(16-26)8-10-21/h3-10,22-23H,11-15H2,1-2H3,(H,27,31)(H,28,32)(H,29,33). The van der Waals surface area contributed by atoms with Crippen LogP contribution in [0.1, 0.15) is 36.5 Å². The van der Waals surface area contributed by atoms with Crippen LogP contribution in [0.5, 0.6) is 0 Å². The molecule has 1 unspecified atom stereocenters. The van der Waals surface area contributed by atoms with Gasteiger partial charge < -0.3 is 20.9 Å². The average Bonchev–Trinajstić information content (AvgIpc) is 2.80. The number of aryl methyl sites for hydroxylation is 1. The topological polar surface area (TPSA) is 114 Å². The summed E-state index contributed by atoms with van der Waals surface area (Å²) in [5, 5.41) is 17.5. The maximum absolute atomic E-state index is 12.9. The van der Waals surface area contributed by atoms with Gasteiger partial charge in [0.05, 0.1) is 11.6 Å². The predicted molar refractivity (Wildman–Crippen MR) is 125 cm³/mol. The van der Waals surface area contributed by atoms with Crippen LogP contribution in [0.3, 0.4) is 0 Å². The highest BCUT2D eigenvalue weighted by Gasteiger charge is 2.27. The Bertz CT molecular complexity index is 1040. The second kappa shape index (κ2) is 11.1. The average molecular weight is 448 g/mol. The minimum atomic E-state index is -0.652. The minimum absolute atomic E-state index is 0.0652. The largest absolute Gasteiger partial charge is 0.351 e. The lowest BCUT2D eigenvalue weighted by molar-refractivity contribution is -0.128. The number of rotatable bonds is 6. The molecule has 1 heterocycles. The number of anilines is 1. The Kier molecular flexibility index (Phi) is 8.03. The van der Waals surface area contributed by atoms with Crippen LogP contribution in [0.4, 0.5) is 10.5 Å². The van der Waals surface area contributed by atoms with Crippen molar-refractivity contribution in [3.63, 3.8) is 0 Å². The lowest BCUT2D eigenvalue weighted by Crippen LogP contribution is -2.53. The number of piperidine rings is 1. The van der Waals surface area contributed by atoms with Crippen molar-refractivity contribution < 1.29 is 14.4 Å². The van der Waals surface area contributed by atoms with E-state index in [1.54, 1.807) is 29.2 Å². The number of amides is 4. The van der Waals surface area contributed by atoms with Gasteiger partial charge in [-0.1, -0.05) is 24.3 Å². The van der Waals surface area contributed by atoms with Gasteiger partial charge in [0.25, 0.3) is 0 Å². The predicted octanol–water partition coefficient (Wildman–Crippen LogP) is 2.73. The molecule has 0 spiro atoms. The minimum Gasteiger partial charge on any atom is -0.351 e. The van der Waals surface area contributed by atoms with Crippen LogP contribution in [0.15, 0.2) is 48.5 Å². The van der Waals surface area contributed by atoms with Gasteiger partial charge in [0, 0.05) is 38.2 Å². The first-order valence-electron chi connectivity index (χ1n) is 11.0. The number of nitriles is 1. The Morgan fingerprint density at radius 2 is 1.76 bits per heavy atom. The summed E-state index contributed by atoms with van der Waals surface area (Å²) in [5.74, 6) is -0.466. The molecule has 2 aromatic rings. The first-order valence-corrected chi connectivity index (χ1v) is 11.0. The third kappa shape index (κ3) is 6.81. The van der Waals surface area contributed by atoms with Crippen molar-refractivity contribution >= 4 is 23.5 Å². The number of urea groups is 1. The summed E-state index contributed by atoms with van der Waals surface area (Å²) in [5.41, 5.74) is 3.25. The van der Waals surface area contributed by atoms with Gasteiger partial charge in [-0.3, -0.25) is 9.59 Å². The molecule has 3 N–H and O–H groups in total. The number of benzene rings is 2. The normalized spacial score (nSPS) is 14.6. The zero-order valence-electron chi connectivity index (χ0n) is 18.9. The Balaban J connectivity index is 1.52. The van der Waals surface area contributed by atoms with E-state index in [-0.39, 0.29) is 23.9 Å². The first kappa shape index (κ1) is 23.8. The van der Waals surface area contributed by atoms with Crippen LogP contribution in [-0.2, 0) is 16.0 Å². The lowest BCUT2D eigenvalue weighted by Gasteiger charge is -2.33. The number of hydrogen-bond donors (Lipinski definition) is 3. The van der Waals surface area contributed by atoms with Gasteiger partial charge in [-0.15, -0.1) is 0 Å². The maximum atomic E-state index is 12.9. The second-order valence-corrected chi connectivity index (χ2v) is 8.27. The number of likely N-dealkylation sites (tertiary alicyclic amines) is 1. The summed E-state index contributed by atoms with van der Waals surface area (Å²) >= 11 is 0. The van der Waals surface area contributed by atoms with Gasteiger partial charge in [-0.05, 0) is 55.2 Å². The molecule has 8 heteroatoms. The Morgan fingerprint density at radius 3 is 2.36 bits per heavy atom. The van der Waals surface area contributed by atoms with E-state index in [9.17, 15) is 14.4 Å². The summed E-state index contributed by atoms with van der Waals surface area (Å²) < 4.78 is 0. The van der Waals surface area contributed by atoms with E-state index in [2.05, 4.69) is 16.0 Å². The van der Waals surface area contributed by atoms with Gasteiger partial charge in [-0.2, -0.15) is 5.26 Å². The van der Waals surface area contributed by atoms with Gasteiger partial charge in [0.2, 0.25) is 11.8 Å². The van der Waals surface area contributed by atoms with Crippen molar-refractivity contribution in [2.75, 3.05) is 18.4 Å². The third-order valence-corrected chi connectivity index (χ3v) is 5.77. The molecule has 1 aliphatic rings. The van der Waals surface area contributed by atoms with Gasteiger partial charge >= 0.3 is 6.03 Å². The van der Waals surface area contributed by atoms with E-state index in [1.165, 1.54) is 6.92 Å². The Hall–Kier alpha value is -3.86. The fourth-order valence-corrected chi connectivity index (χ4v) is 3.87. The highest BCUT2D eigenvalue weighted by Crippen LogP contribution is 2.15. The number of nitrogens with one attached hydrogen (secondary N) is 3. The van der Waals surface area contributed by atoms with Crippen molar-refractivity contribution in [3.05, 3.63) is 65.2 Å². The quantitative estimate of drug-likeness (QED) is 0.632. The van der Waals surface area contributed by atoms with E-state index in [4.69, 9.17) is 5.26 Å². The van der Waals surface area contributed by atoms with E-state index < -0.39 is 6.04 Å². The molecule has 4 amide bonds. The van der Waals surface area contributed by atoms with Crippen molar-refractivity contribution in [2.45, 2.75) is 45.2 Å². The van der Waals surface area contributed by atoms with Crippen LogP contribution < -0.4 is 16.0 Å².